The highest BCUT2D eigenvalue weighted by Crippen LogP contribution is 2.19. The van der Waals surface area contributed by atoms with E-state index in [4.69, 9.17) is 0 Å². The van der Waals surface area contributed by atoms with Gasteiger partial charge in [0.1, 0.15) is 0 Å². The molecular formula is C23H29N3O2. The number of nitrogens with zero attached hydrogens (tertiary/aromatic N) is 1. The Balaban J connectivity index is 1.40. The van der Waals surface area contributed by atoms with Gasteiger partial charge in [0.2, 0.25) is 5.91 Å². The molecule has 1 fully saturated rings. The number of amides is 2. The molecule has 0 radical (unpaired) electrons. The highest BCUT2D eigenvalue weighted by molar-refractivity contribution is 5.96. The lowest BCUT2D eigenvalue weighted by Crippen LogP contribution is -2.37. The van der Waals surface area contributed by atoms with Gasteiger partial charge in [0.25, 0.3) is 5.91 Å². The van der Waals surface area contributed by atoms with Crippen molar-refractivity contribution >= 4 is 11.8 Å². The summed E-state index contributed by atoms with van der Waals surface area (Å²) in [5, 5.41) is 5.49. The van der Waals surface area contributed by atoms with Gasteiger partial charge in [0, 0.05) is 24.7 Å². The molecule has 1 heterocycles. The molecule has 1 atom stereocenters. The Kier molecular flexibility index (Phi) is 7.20. The molecule has 1 aliphatic rings. The summed E-state index contributed by atoms with van der Waals surface area (Å²) in [5.41, 5.74) is 2.91. The van der Waals surface area contributed by atoms with E-state index in [2.05, 4.69) is 46.7 Å². The molecule has 1 unspecified atom stereocenters. The third-order valence-corrected chi connectivity index (χ3v) is 5.28. The number of piperidine rings is 1. The molecule has 3 rings (SSSR count). The Labute approximate surface area is 167 Å². The zero-order valence-electron chi connectivity index (χ0n) is 16.5. The number of likely N-dealkylation sites (tertiary alicyclic amines) is 1. The van der Waals surface area contributed by atoms with Gasteiger partial charge in [-0.2, -0.15) is 0 Å². The first-order valence-electron chi connectivity index (χ1n) is 10.0. The fourth-order valence-corrected chi connectivity index (χ4v) is 3.50. The molecule has 0 bridgehead atoms. The summed E-state index contributed by atoms with van der Waals surface area (Å²) in [4.78, 5) is 26.5. The standard InChI is InChI=1S/C23H29N3O2/c1-18-7-5-6-14-26(18)17-20-12-10-19(11-13-20)15-24-22(27)16-25-23(28)21-8-3-2-4-9-21/h2-4,8-13,18H,5-7,14-17H2,1H3,(H,24,27)(H,25,28). The van der Waals surface area contributed by atoms with Gasteiger partial charge in [-0.1, -0.05) is 48.9 Å². The van der Waals surface area contributed by atoms with Gasteiger partial charge in [0.15, 0.2) is 0 Å². The zero-order valence-corrected chi connectivity index (χ0v) is 16.5. The van der Waals surface area contributed by atoms with Gasteiger partial charge in [-0.25, -0.2) is 0 Å². The lowest BCUT2D eigenvalue weighted by molar-refractivity contribution is -0.120. The monoisotopic (exact) mass is 379 g/mol. The lowest BCUT2D eigenvalue weighted by Gasteiger charge is -2.33. The molecule has 0 aromatic heterocycles. The first kappa shape index (κ1) is 20.1. The second-order valence-electron chi connectivity index (χ2n) is 7.46. The van der Waals surface area contributed by atoms with Crippen molar-refractivity contribution in [2.75, 3.05) is 13.1 Å². The van der Waals surface area contributed by atoms with Crippen molar-refractivity contribution in [1.82, 2.24) is 15.5 Å². The molecule has 0 spiro atoms. The number of nitrogens with one attached hydrogen (secondary N) is 2. The molecule has 2 amide bonds. The summed E-state index contributed by atoms with van der Waals surface area (Å²) in [6, 6.07) is 17.9. The second kappa shape index (κ2) is 10.0. The summed E-state index contributed by atoms with van der Waals surface area (Å²) < 4.78 is 0. The summed E-state index contributed by atoms with van der Waals surface area (Å²) in [7, 11) is 0. The van der Waals surface area contributed by atoms with Crippen LogP contribution in [-0.2, 0) is 17.9 Å². The highest BCUT2D eigenvalue weighted by Gasteiger charge is 2.17. The van der Waals surface area contributed by atoms with Crippen LogP contribution in [0.3, 0.4) is 0 Å². The molecular weight excluding hydrogens is 350 g/mol. The molecule has 2 N–H and O–H groups in total. The van der Waals surface area contributed by atoms with Crippen LogP contribution in [0.25, 0.3) is 0 Å². The predicted molar refractivity (Wildman–Crippen MR) is 111 cm³/mol. The van der Waals surface area contributed by atoms with Crippen LogP contribution in [-0.4, -0.2) is 35.8 Å². The molecule has 2 aromatic rings. The largest absolute Gasteiger partial charge is 0.350 e. The zero-order chi connectivity index (χ0) is 19.8. The molecule has 2 aromatic carbocycles. The van der Waals surface area contributed by atoms with Gasteiger partial charge in [-0.3, -0.25) is 14.5 Å². The van der Waals surface area contributed by atoms with Crippen molar-refractivity contribution in [3.63, 3.8) is 0 Å². The van der Waals surface area contributed by atoms with Gasteiger partial charge in [0.05, 0.1) is 6.54 Å². The van der Waals surface area contributed by atoms with E-state index in [1.54, 1.807) is 24.3 Å². The first-order valence-corrected chi connectivity index (χ1v) is 10.0. The molecule has 1 saturated heterocycles. The van der Waals surface area contributed by atoms with Crippen LogP contribution in [0.1, 0.15) is 47.7 Å². The minimum atomic E-state index is -0.243. The number of hydrogen-bond acceptors (Lipinski definition) is 3. The SMILES string of the molecule is CC1CCCCN1Cc1ccc(CNC(=O)CNC(=O)c2ccccc2)cc1. The molecule has 5 heteroatoms. The van der Waals surface area contributed by atoms with E-state index in [1.165, 1.54) is 31.4 Å². The number of hydrogen-bond donors (Lipinski definition) is 2. The molecule has 28 heavy (non-hydrogen) atoms. The summed E-state index contributed by atoms with van der Waals surface area (Å²) in [5.74, 6) is -0.442. The van der Waals surface area contributed by atoms with Crippen molar-refractivity contribution < 1.29 is 9.59 Å². The van der Waals surface area contributed by atoms with Crippen molar-refractivity contribution in [2.45, 2.75) is 45.3 Å². The second-order valence-corrected chi connectivity index (χ2v) is 7.46. The van der Waals surface area contributed by atoms with E-state index in [1.807, 2.05) is 6.07 Å². The minimum absolute atomic E-state index is 0.0291. The first-order chi connectivity index (χ1) is 13.6. The van der Waals surface area contributed by atoms with Crippen LogP contribution in [0.2, 0.25) is 0 Å². The van der Waals surface area contributed by atoms with Crippen LogP contribution >= 0.6 is 0 Å². The average molecular weight is 380 g/mol. The predicted octanol–water partition coefficient (Wildman–Crippen LogP) is 3.11. The van der Waals surface area contributed by atoms with Gasteiger partial charge in [-0.15, -0.1) is 0 Å². The third kappa shape index (κ3) is 5.92. The third-order valence-electron chi connectivity index (χ3n) is 5.28. The maximum atomic E-state index is 12.0. The Hall–Kier alpha value is -2.66. The Morgan fingerprint density at radius 1 is 0.964 bits per heavy atom. The van der Waals surface area contributed by atoms with Crippen LogP contribution < -0.4 is 10.6 Å². The van der Waals surface area contributed by atoms with E-state index in [9.17, 15) is 9.59 Å². The topological polar surface area (TPSA) is 61.4 Å². The fourth-order valence-electron chi connectivity index (χ4n) is 3.50. The van der Waals surface area contributed by atoms with E-state index in [0.29, 0.717) is 18.2 Å². The van der Waals surface area contributed by atoms with Gasteiger partial charge in [-0.05, 0) is 49.6 Å². The fraction of sp³-hybridized carbons (Fsp3) is 0.391. The summed E-state index contributed by atoms with van der Waals surface area (Å²) in [6.45, 7) is 4.89. The average Bonchev–Trinajstić information content (AvgIpc) is 2.74. The van der Waals surface area contributed by atoms with Crippen LogP contribution in [0.4, 0.5) is 0 Å². The Morgan fingerprint density at radius 3 is 2.39 bits per heavy atom. The molecule has 0 saturated carbocycles. The normalized spacial score (nSPS) is 17.1. The molecule has 5 nitrogen and oxygen atoms in total. The molecule has 0 aliphatic carbocycles. The van der Waals surface area contributed by atoms with Crippen LogP contribution in [0.15, 0.2) is 54.6 Å². The van der Waals surface area contributed by atoms with E-state index < -0.39 is 0 Å². The molecule has 148 valence electrons. The Morgan fingerprint density at radius 2 is 1.68 bits per heavy atom. The van der Waals surface area contributed by atoms with E-state index >= 15 is 0 Å². The summed E-state index contributed by atoms with van der Waals surface area (Å²) in [6.07, 6.45) is 3.91. The number of rotatable bonds is 7. The maximum Gasteiger partial charge on any atom is 0.251 e. The van der Waals surface area contributed by atoms with Crippen LogP contribution in [0.5, 0.6) is 0 Å². The lowest BCUT2D eigenvalue weighted by atomic mass is 10.0. The Bertz CT molecular complexity index is 774. The quantitative estimate of drug-likeness (QED) is 0.777. The van der Waals surface area contributed by atoms with Gasteiger partial charge < -0.3 is 10.6 Å². The maximum absolute atomic E-state index is 12.0. The van der Waals surface area contributed by atoms with E-state index in [-0.39, 0.29) is 18.4 Å². The van der Waals surface area contributed by atoms with E-state index in [0.717, 1.165) is 12.1 Å². The van der Waals surface area contributed by atoms with Crippen molar-refractivity contribution in [1.29, 1.82) is 0 Å². The smallest absolute Gasteiger partial charge is 0.251 e. The van der Waals surface area contributed by atoms with Gasteiger partial charge >= 0.3 is 0 Å². The van der Waals surface area contributed by atoms with Crippen molar-refractivity contribution in [3.8, 4) is 0 Å². The number of benzene rings is 2. The molecule has 1 aliphatic heterocycles. The van der Waals surface area contributed by atoms with Crippen molar-refractivity contribution in [2.24, 2.45) is 0 Å². The van der Waals surface area contributed by atoms with Crippen LogP contribution in [0, 0.1) is 0 Å². The van der Waals surface area contributed by atoms with Crippen molar-refractivity contribution in [3.05, 3.63) is 71.3 Å². The summed E-state index contributed by atoms with van der Waals surface area (Å²) >= 11 is 0. The number of carbonyl (C=O) groups excluding carboxylic acids is 2. The minimum Gasteiger partial charge on any atom is -0.350 e. The highest BCUT2D eigenvalue weighted by atomic mass is 16.2. The number of carbonyl (C=O) groups is 2.